The Bertz CT molecular complexity index is 159. The summed E-state index contributed by atoms with van der Waals surface area (Å²) in [4.78, 5) is 10.6. The summed E-state index contributed by atoms with van der Waals surface area (Å²) in [6.07, 6.45) is 0.523. The van der Waals surface area contributed by atoms with Gasteiger partial charge < -0.3 is 15.9 Å². The van der Waals surface area contributed by atoms with Gasteiger partial charge in [-0.05, 0) is 12.3 Å². The van der Waals surface area contributed by atoms with Crippen LogP contribution in [0.15, 0.2) is 0 Å². The highest BCUT2D eigenvalue weighted by molar-refractivity contribution is 5.84. The van der Waals surface area contributed by atoms with E-state index in [4.69, 9.17) is 15.9 Å². The molecule has 0 heterocycles. The monoisotopic (exact) mass is 145 g/mol. The van der Waals surface area contributed by atoms with E-state index in [0.717, 1.165) is 0 Å². The first-order valence-electron chi connectivity index (χ1n) is 3.19. The van der Waals surface area contributed by atoms with Crippen LogP contribution in [0.4, 0.5) is 0 Å². The van der Waals surface area contributed by atoms with E-state index in [1.54, 1.807) is 0 Å². The molecule has 0 radical (unpaired) electrons. The molecule has 1 rings (SSSR count). The number of primary amides is 1. The normalized spacial score (nSPS) is 37.6. The minimum absolute atomic E-state index is 0.0660. The minimum atomic E-state index is -0.797. The van der Waals surface area contributed by atoms with E-state index >= 15 is 0 Å². The lowest BCUT2D eigenvalue weighted by atomic mass is 10.1. The Kier molecular flexibility index (Phi) is 1.66. The Morgan fingerprint density at radius 1 is 1.70 bits per heavy atom. The molecule has 0 aromatic rings. The summed E-state index contributed by atoms with van der Waals surface area (Å²) in [7, 11) is 0. The van der Waals surface area contributed by atoms with Crippen molar-refractivity contribution >= 4 is 5.91 Å². The maximum absolute atomic E-state index is 10.6. The molecule has 0 spiro atoms. The second-order valence-corrected chi connectivity index (χ2v) is 2.76. The molecule has 1 aliphatic rings. The summed E-state index contributed by atoms with van der Waals surface area (Å²) >= 11 is 0. The maximum Gasteiger partial charge on any atom is 0.226 e. The lowest BCUT2D eigenvalue weighted by Crippen LogP contribution is -2.30. The highest BCUT2D eigenvalue weighted by Crippen LogP contribution is 2.51. The molecule has 0 bridgehead atoms. The molecule has 1 aliphatic carbocycles. The molecule has 0 aromatic carbocycles. The molecule has 4 nitrogen and oxygen atoms in total. The van der Waals surface area contributed by atoms with E-state index in [2.05, 4.69) is 0 Å². The van der Waals surface area contributed by atoms with E-state index in [0.29, 0.717) is 6.42 Å². The van der Waals surface area contributed by atoms with Crippen LogP contribution in [0.25, 0.3) is 0 Å². The van der Waals surface area contributed by atoms with Crippen molar-refractivity contribution in [3.63, 3.8) is 0 Å². The summed E-state index contributed by atoms with van der Waals surface area (Å²) in [5.41, 5.74) is 4.20. The predicted octanol–water partition coefficient (Wildman–Crippen LogP) is -1.54. The van der Waals surface area contributed by atoms with Gasteiger partial charge in [0, 0.05) is 6.61 Å². The van der Waals surface area contributed by atoms with Crippen molar-refractivity contribution in [1.82, 2.24) is 0 Å². The van der Waals surface area contributed by atoms with Gasteiger partial charge in [0.05, 0.1) is 12.0 Å². The Balaban J connectivity index is 2.59. The SMILES string of the molecule is NC(=O)[C@]1(CO)C[C@@H]1CO. The van der Waals surface area contributed by atoms with Gasteiger partial charge >= 0.3 is 0 Å². The second-order valence-electron chi connectivity index (χ2n) is 2.76. The molecule has 1 saturated carbocycles. The molecule has 0 aliphatic heterocycles. The van der Waals surface area contributed by atoms with Crippen molar-refractivity contribution in [2.24, 2.45) is 17.1 Å². The number of hydrogen-bond acceptors (Lipinski definition) is 3. The molecule has 0 aromatic heterocycles. The molecular formula is C6H11NO3. The summed E-state index contributed by atoms with van der Waals surface area (Å²) in [5.74, 6) is -0.621. The Morgan fingerprint density at radius 2 is 2.30 bits per heavy atom. The average molecular weight is 145 g/mol. The summed E-state index contributed by atoms with van der Waals surface area (Å²) in [5, 5.41) is 17.3. The Morgan fingerprint density at radius 3 is 2.40 bits per heavy atom. The van der Waals surface area contributed by atoms with Crippen molar-refractivity contribution in [3.8, 4) is 0 Å². The first-order chi connectivity index (χ1) is 4.67. The zero-order chi connectivity index (χ0) is 7.78. The molecular weight excluding hydrogens is 134 g/mol. The van der Waals surface area contributed by atoms with E-state index < -0.39 is 11.3 Å². The zero-order valence-electron chi connectivity index (χ0n) is 5.58. The van der Waals surface area contributed by atoms with Gasteiger partial charge in [0.2, 0.25) is 5.91 Å². The van der Waals surface area contributed by atoms with Crippen molar-refractivity contribution in [1.29, 1.82) is 0 Å². The minimum Gasteiger partial charge on any atom is -0.396 e. The fraction of sp³-hybridized carbons (Fsp3) is 0.833. The van der Waals surface area contributed by atoms with Crippen molar-refractivity contribution in [3.05, 3.63) is 0 Å². The number of amides is 1. The number of aliphatic hydroxyl groups is 2. The topological polar surface area (TPSA) is 83.6 Å². The van der Waals surface area contributed by atoms with Crippen LogP contribution in [0, 0.1) is 11.3 Å². The number of rotatable bonds is 3. The molecule has 0 saturated heterocycles. The zero-order valence-corrected chi connectivity index (χ0v) is 5.58. The quantitative estimate of drug-likeness (QED) is 0.450. The van der Waals surface area contributed by atoms with Crippen LogP contribution in [-0.4, -0.2) is 29.3 Å². The number of hydrogen-bond donors (Lipinski definition) is 3. The Hall–Kier alpha value is -0.610. The van der Waals surface area contributed by atoms with Gasteiger partial charge in [0.25, 0.3) is 0 Å². The lowest BCUT2D eigenvalue weighted by Gasteiger charge is -2.06. The number of aliphatic hydroxyl groups excluding tert-OH is 2. The van der Waals surface area contributed by atoms with Gasteiger partial charge in [-0.1, -0.05) is 0 Å². The fourth-order valence-electron chi connectivity index (χ4n) is 1.19. The molecule has 10 heavy (non-hydrogen) atoms. The van der Waals surface area contributed by atoms with Crippen LogP contribution in [-0.2, 0) is 4.79 Å². The van der Waals surface area contributed by atoms with Crippen LogP contribution in [0.3, 0.4) is 0 Å². The van der Waals surface area contributed by atoms with Crippen LogP contribution < -0.4 is 5.73 Å². The average Bonchev–Trinajstić information content (AvgIpc) is 2.62. The van der Waals surface area contributed by atoms with Gasteiger partial charge in [-0.15, -0.1) is 0 Å². The molecule has 2 atom stereocenters. The van der Waals surface area contributed by atoms with Crippen molar-refractivity contribution in [2.75, 3.05) is 13.2 Å². The lowest BCUT2D eigenvalue weighted by molar-refractivity contribution is -0.125. The molecule has 4 N–H and O–H groups in total. The predicted molar refractivity (Wildman–Crippen MR) is 33.9 cm³/mol. The second kappa shape index (κ2) is 2.21. The third-order valence-electron chi connectivity index (χ3n) is 2.23. The molecule has 4 heteroatoms. The third-order valence-corrected chi connectivity index (χ3v) is 2.23. The van der Waals surface area contributed by atoms with Gasteiger partial charge in [0.15, 0.2) is 0 Å². The third kappa shape index (κ3) is 0.803. The highest BCUT2D eigenvalue weighted by atomic mass is 16.3. The van der Waals surface area contributed by atoms with E-state index in [1.807, 2.05) is 0 Å². The standard InChI is InChI=1S/C6H11NO3/c7-5(10)6(3-9)1-4(6)2-8/h4,8-9H,1-3H2,(H2,7,10)/t4-,6+/m1/s1. The molecule has 58 valence electrons. The van der Waals surface area contributed by atoms with Crippen LogP contribution in [0.1, 0.15) is 6.42 Å². The van der Waals surface area contributed by atoms with Gasteiger partial charge in [-0.25, -0.2) is 0 Å². The van der Waals surface area contributed by atoms with E-state index in [1.165, 1.54) is 0 Å². The van der Waals surface area contributed by atoms with Crippen LogP contribution in [0.2, 0.25) is 0 Å². The summed E-state index contributed by atoms with van der Waals surface area (Å²) in [6.45, 7) is -0.308. The van der Waals surface area contributed by atoms with Gasteiger partial charge in [0.1, 0.15) is 0 Å². The van der Waals surface area contributed by atoms with Gasteiger partial charge in [-0.3, -0.25) is 4.79 Å². The van der Waals surface area contributed by atoms with Crippen molar-refractivity contribution < 1.29 is 15.0 Å². The van der Waals surface area contributed by atoms with Crippen LogP contribution >= 0.6 is 0 Å². The smallest absolute Gasteiger partial charge is 0.226 e. The largest absolute Gasteiger partial charge is 0.396 e. The van der Waals surface area contributed by atoms with Crippen LogP contribution in [0.5, 0.6) is 0 Å². The highest BCUT2D eigenvalue weighted by Gasteiger charge is 2.58. The maximum atomic E-state index is 10.6. The molecule has 1 amide bonds. The fourth-order valence-corrected chi connectivity index (χ4v) is 1.19. The van der Waals surface area contributed by atoms with Crippen molar-refractivity contribution in [2.45, 2.75) is 6.42 Å². The molecule has 1 fully saturated rings. The summed E-state index contributed by atoms with van der Waals surface area (Å²) < 4.78 is 0. The Labute approximate surface area is 58.6 Å². The first kappa shape index (κ1) is 7.50. The molecule has 0 unspecified atom stereocenters. The number of carbonyl (C=O) groups is 1. The van der Waals surface area contributed by atoms with E-state index in [-0.39, 0.29) is 19.1 Å². The summed E-state index contributed by atoms with van der Waals surface area (Å²) in [6, 6.07) is 0. The van der Waals surface area contributed by atoms with Gasteiger partial charge in [-0.2, -0.15) is 0 Å². The van der Waals surface area contributed by atoms with E-state index in [9.17, 15) is 4.79 Å². The first-order valence-corrected chi connectivity index (χ1v) is 3.19. The number of nitrogens with two attached hydrogens (primary N) is 1. The number of carbonyl (C=O) groups excluding carboxylic acids is 1.